The molecule has 1 N–H and O–H groups in total. The summed E-state index contributed by atoms with van der Waals surface area (Å²) < 4.78 is 60.4. The summed E-state index contributed by atoms with van der Waals surface area (Å²) in [5.74, 6) is 0.0717. The van der Waals surface area contributed by atoms with Crippen LogP contribution in [0, 0.1) is 0 Å². The fraction of sp³-hybridized carbons (Fsp3) is 0.156. The molecule has 0 radical (unpaired) electrons. The summed E-state index contributed by atoms with van der Waals surface area (Å²) in [7, 11) is -0.314. The van der Waals surface area contributed by atoms with Crippen molar-refractivity contribution >= 4 is 39.4 Å². The Kier molecular flexibility index (Phi) is 11.4. The summed E-state index contributed by atoms with van der Waals surface area (Å²) in [6.45, 7) is 7.98. The smallest absolute Gasteiger partial charge is 0.392 e. The van der Waals surface area contributed by atoms with Crippen molar-refractivity contribution in [1.82, 2.24) is 9.29 Å². The Hall–Kier alpha value is -4.08. The summed E-state index contributed by atoms with van der Waals surface area (Å²) in [5, 5.41) is 1.26. The number of ether oxygens (including phenoxy) is 1. The number of methoxy groups -OCH3 is 1. The maximum atomic E-state index is 13.8. The predicted octanol–water partition coefficient (Wildman–Crippen LogP) is 8.68. The molecule has 1 atom stereocenters. The number of aromatic nitrogens is 1. The topological polar surface area (TPSA) is 60.3 Å². The second kappa shape index (κ2) is 14.7. The van der Waals surface area contributed by atoms with Crippen molar-refractivity contribution in [3.8, 4) is 16.9 Å². The van der Waals surface area contributed by atoms with Crippen LogP contribution in [0.5, 0.6) is 5.75 Å². The number of hydrogen-bond donors (Lipinski definition) is 1. The van der Waals surface area contributed by atoms with Crippen LogP contribution in [0.2, 0.25) is 5.02 Å². The van der Waals surface area contributed by atoms with Crippen molar-refractivity contribution in [2.75, 3.05) is 7.11 Å². The zero-order chi connectivity index (χ0) is 30.9. The maximum absolute atomic E-state index is 13.8. The number of fused-ring (bicyclic) bond motifs is 1. The second-order valence-electron chi connectivity index (χ2n) is 8.97. The van der Waals surface area contributed by atoms with Gasteiger partial charge in [-0.1, -0.05) is 65.7 Å². The standard InChI is InChI=1S/C30H26ClF3N2O3S.C2H4/c1-20(7-5-6-18-30(32,33)34)19-36-26-9-4-3-8-25(26)27(21-10-14-23(39-2)15-11-21)28(36)29(37)35-40(38)24-16-12-22(31)13-17-24;1-2/h3-17H,18-19H2,1-2H3,(H,35,37);1-2H2/b6-5-,20-7+;. The van der Waals surface area contributed by atoms with Crippen LogP contribution in [0.1, 0.15) is 23.8 Å². The third-order valence-electron chi connectivity index (χ3n) is 6.05. The quantitative estimate of drug-likeness (QED) is 0.152. The van der Waals surface area contributed by atoms with Crippen LogP contribution in [-0.4, -0.2) is 28.0 Å². The van der Waals surface area contributed by atoms with Gasteiger partial charge in [0.25, 0.3) is 5.91 Å². The largest absolute Gasteiger partial charge is 0.497 e. The molecule has 0 aliphatic rings. The van der Waals surface area contributed by atoms with E-state index in [-0.39, 0.29) is 12.2 Å². The molecule has 0 bridgehead atoms. The van der Waals surface area contributed by atoms with Crippen LogP contribution in [0.25, 0.3) is 22.0 Å². The number of nitrogens with one attached hydrogen (secondary N) is 1. The van der Waals surface area contributed by atoms with Crippen LogP contribution >= 0.6 is 11.6 Å². The minimum atomic E-state index is -4.28. The SMILES string of the molecule is C=C.COc1ccc(-c2c(C(=O)NS(=O)c3ccc(Cl)cc3)n(C/C(C)=C/C=C\CC(F)(F)F)c3ccccc23)cc1. The van der Waals surface area contributed by atoms with Crippen molar-refractivity contribution in [3.63, 3.8) is 0 Å². The molecule has 0 saturated heterocycles. The molecule has 0 aliphatic carbocycles. The van der Waals surface area contributed by atoms with Crippen LogP contribution in [0.15, 0.2) is 115 Å². The Morgan fingerprint density at radius 1 is 1.05 bits per heavy atom. The number of rotatable bonds is 9. The molecule has 5 nitrogen and oxygen atoms in total. The van der Waals surface area contributed by atoms with Gasteiger partial charge in [-0.3, -0.25) is 9.52 Å². The number of nitrogens with zero attached hydrogens (tertiary/aromatic N) is 1. The molecule has 4 aromatic rings. The van der Waals surface area contributed by atoms with E-state index >= 15 is 0 Å². The first-order chi connectivity index (χ1) is 20.1. The lowest BCUT2D eigenvalue weighted by Crippen LogP contribution is -2.28. The van der Waals surface area contributed by atoms with Gasteiger partial charge < -0.3 is 9.30 Å². The van der Waals surface area contributed by atoms with Crippen molar-refractivity contribution < 1.29 is 26.9 Å². The van der Waals surface area contributed by atoms with E-state index in [2.05, 4.69) is 17.9 Å². The van der Waals surface area contributed by atoms with Crippen LogP contribution in [0.3, 0.4) is 0 Å². The molecule has 0 fully saturated rings. The van der Waals surface area contributed by atoms with Gasteiger partial charge in [0.15, 0.2) is 11.0 Å². The molecule has 4 rings (SSSR count). The molecule has 220 valence electrons. The fourth-order valence-corrected chi connectivity index (χ4v) is 5.13. The van der Waals surface area contributed by atoms with Crippen LogP contribution in [-0.2, 0) is 17.5 Å². The van der Waals surface area contributed by atoms with Gasteiger partial charge >= 0.3 is 6.18 Å². The van der Waals surface area contributed by atoms with Gasteiger partial charge in [-0.15, -0.1) is 13.2 Å². The highest BCUT2D eigenvalue weighted by atomic mass is 35.5. The number of halogens is 4. The molecule has 0 aliphatic heterocycles. The Balaban J connectivity index is 0.00000237. The molecule has 1 aromatic heterocycles. The highest BCUT2D eigenvalue weighted by Crippen LogP contribution is 2.36. The molecular weight excluding hydrogens is 585 g/mol. The Morgan fingerprint density at radius 2 is 1.69 bits per heavy atom. The second-order valence-corrected chi connectivity index (χ2v) is 10.6. The summed E-state index contributed by atoms with van der Waals surface area (Å²) in [6.07, 6.45) is -1.33. The molecule has 3 aromatic carbocycles. The fourth-order valence-electron chi connectivity index (χ4n) is 4.24. The van der Waals surface area contributed by atoms with E-state index in [0.717, 1.165) is 22.5 Å². The van der Waals surface area contributed by atoms with E-state index in [1.165, 1.54) is 6.08 Å². The lowest BCUT2D eigenvalue weighted by molar-refractivity contribution is -0.125. The summed E-state index contributed by atoms with van der Waals surface area (Å²) >= 11 is 5.95. The van der Waals surface area contributed by atoms with Crippen molar-refractivity contribution in [3.05, 3.63) is 120 Å². The van der Waals surface area contributed by atoms with Crippen LogP contribution < -0.4 is 9.46 Å². The Labute approximate surface area is 250 Å². The van der Waals surface area contributed by atoms with Gasteiger partial charge in [0.2, 0.25) is 0 Å². The lowest BCUT2D eigenvalue weighted by Gasteiger charge is -2.13. The van der Waals surface area contributed by atoms with Crippen molar-refractivity contribution in [2.45, 2.75) is 31.0 Å². The van der Waals surface area contributed by atoms with E-state index in [1.807, 2.05) is 36.4 Å². The third-order valence-corrected chi connectivity index (χ3v) is 7.37. The first kappa shape index (κ1) is 32.4. The number of benzene rings is 3. The van der Waals surface area contributed by atoms with Gasteiger partial charge in [0, 0.05) is 28.0 Å². The zero-order valence-electron chi connectivity index (χ0n) is 23.1. The lowest BCUT2D eigenvalue weighted by atomic mass is 10.0. The number of allylic oxidation sites excluding steroid dienone is 4. The van der Waals surface area contributed by atoms with Gasteiger partial charge in [-0.05, 0) is 55.0 Å². The van der Waals surface area contributed by atoms with Crippen molar-refractivity contribution in [1.29, 1.82) is 0 Å². The predicted molar refractivity (Wildman–Crippen MR) is 164 cm³/mol. The number of carbonyl (C=O) groups is 1. The minimum absolute atomic E-state index is 0.212. The van der Waals surface area contributed by atoms with Gasteiger partial charge in [0.1, 0.15) is 11.4 Å². The number of alkyl halides is 3. The Morgan fingerprint density at radius 3 is 2.31 bits per heavy atom. The highest BCUT2D eigenvalue weighted by molar-refractivity contribution is 7.83. The molecule has 0 saturated carbocycles. The number of hydrogen-bond acceptors (Lipinski definition) is 3. The first-order valence-corrected chi connectivity index (χ1v) is 14.2. The van der Waals surface area contributed by atoms with E-state index in [4.69, 9.17) is 16.3 Å². The first-order valence-electron chi connectivity index (χ1n) is 12.7. The molecule has 1 heterocycles. The number of para-hydroxylation sites is 1. The average molecular weight is 615 g/mol. The maximum Gasteiger partial charge on any atom is 0.392 e. The molecule has 0 spiro atoms. The summed E-state index contributed by atoms with van der Waals surface area (Å²) in [4.78, 5) is 14.2. The minimum Gasteiger partial charge on any atom is -0.497 e. The molecule has 42 heavy (non-hydrogen) atoms. The number of amides is 1. The van der Waals surface area contributed by atoms with Crippen LogP contribution in [0.4, 0.5) is 13.2 Å². The van der Waals surface area contributed by atoms with Gasteiger partial charge in [0.05, 0.1) is 18.4 Å². The molecule has 1 unspecified atom stereocenters. The van der Waals surface area contributed by atoms with E-state index < -0.39 is 29.5 Å². The molecule has 10 heteroatoms. The Bertz CT molecular complexity index is 1610. The summed E-state index contributed by atoms with van der Waals surface area (Å²) in [6, 6.07) is 21.0. The highest BCUT2D eigenvalue weighted by Gasteiger charge is 2.26. The monoisotopic (exact) mass is 614 g/mol. The van der Waals surface area contributed by atoms with E-state index in [0.29, 0.717) is 26.8 Å². The normalized spacial score (nSPS) is 12.6. The average Bonchev–Trinajstić information content (AvgIpc) is 3.30. The van der Waals surface area contributed by atoms with Gasteiger partial charge in [-0.25, -0.2) is 4.21 Å². The van der Waals surface area contributed by atoms with Crippen molar-refractivity contribution in [2.24, 2.45) is 0 Å². The van der Waals surface area contributed by atoms with Gasteiger partial charge in [-0.2, -0.15) is 13.2 Å². The third kappa shape index (κ3) is 8.24. The summed E-state index contributed by atoms with van der Waals surface area (Å²) in [5.41, 5.74) is 3.09. The molecular formula is C32H30ClF3N2O3S. The number of carbonyl (C=O) groups excluding carboxylic acids is 1. The molecule has 1 amide bonds. The zero-order valence-corrected chi connectivity index (χ0v) is 24.7. The van der Waals surface area contributed by atoms with E-state index in [1.54, 1.807) is 61.1 Å². The van der Waals surface area contributed by atoms with E-state index in [9.17, 15) is 22.2 Å².